The SMILES string of the molecule is OCc1cccc2c(Cl)cccc12. The van der Waals surface area contributed by atoms with Gasteiger partial charge in [0.05, 0.1) is 6.61 Å². The maximum atomic E-state index is 9.08. The minimum Gasteiger partial charge on any atom is -0.392 e. The highest BCUT2D eigenvalue weighted by molar-refractivity contribution is 6.35. The van der Waals surface area contributed by atoms with Crippen molar-refractivity contribution in [2.24, 2.45) is 0 Å². The van der Waals surface area contributed by atoms with Crippen LogP contribution >= 0.6 is 11.6 Å². The number of aliphatic hydroxyl groups is 1. The number of rotatable bonds is 1. The first-order valence-corrected chi connectivity index (χ1v) is 4.47. The van der Waals surface area contributed by atoms with Crippen LogP contribution in [0.1, 0.15) is 5.56 Å². The van der Waals surface area contributed by atoms with E-state index in [1.165, 1.54) is 0 Å². The van der Waals surface area contributed by atoms with Crippen LogP contribution in [-0.4, -0.2) is 5.11 Å². The van der Waals surface area contributed by atoms with Crippen molar-refractivity contribution in [3.8, 4) is 0 Å². The lowest BCUT2D eigenvalue weighted by Gasteiger charge is -2.04. The monoisotopic (exact) mass is 192 g/mol. The van der Waals surface area contributed by atoms with E-state index < -0.39 is 0 Å². The van der Waals surface area contributed by atoms with Crippen LogP contribution in [-0.2, 0) is 6.61 Å². The summed E-state index contributed by atoms with van der Waals surface area (Å²) in [7, 11) is 0. The zero-order valence-electron chi connectivity index (χ0n) is 7.00. The number of hydrogen-bond donors (Lipinski definition) is 1. The molecule has 0 radical (unpaired) electrons. The van der Waals surface area contributed by atoms with E-state index in [4.69, 9.17) is 16.7 Å². The average Bonchev–Trinajstić information content (AvgIpc) is 2.18. The summed E-state index contributed by atoms with van der Waals surface area (Å²) >= 11 is 6.00. The van der Waals surface area contributed by atoms with Gasteiger partial charge in [0, 0.05) is 10.4 Å². The van der Waals surface area contributed by atoms with Crippen LogP contribution in [0.25, 0.3) is 10.8 Å². The fourth-order valence-corrected chi connectivity index (χ4v) is 1.71. The van der Waals surface area contributed by atoms with Gasteiger partial charge in [-0.1, -0.05) is 41.9 Å². The Bertz CT molecular complexity index is 437. The van der Waals surface area contributed by atoms with E-state index >= 15 is 0 Å². The highest BCUT2D eigenvalue weighted by Crippen LogP contribution is 2.25. The smallest absolute Gasteiger partial charge is 0.0687 e. The summed E-state index contributed by atoms with van der Waals surface area (Å²) in [6.07, 6.45) is 0. The Labute approximate surface area is 81.6 Å². The molecule has 0 fully saturated rings. The molecule has 2 heteroatoms. The van der Waals surface area contributed by atoms with Gasteiger partial charge >= 0.3 is 0 Å². The largest absolute Gasteiger partial charge is 0.392 e. The first-order chi connectivity index (χ1) is 6.33. The van der Waals surface area contributed by atoms with Crippen molar-refractivity contribution in [1.82, 2.24) is 0 Å². The molecule has 66 valence electrons. The molecule has 0 saturated heterocycles. The Kier molecular flexibility index (Phi) is 2.21. The first kappa shape index (κ1) is 8.54. The Morgan fingerprint density at radius 1 is 1.00 bits per heavy atom. The van der Waals surface area contributed by atoms with Crippen LogP contribution in [0.5, 0.6) is 0 Å². The third kappa shape index (κ3) is 1.41. The quantitative estimate of drug-likeness (QED) is 0.737. The minimum atomic E-state index is 0.0533. The lowest BCUT2D eigenvalue weighted by molar-refractivity contribution is 0.283. The van der Waals surface area contributed by atoms with E-state index in [1.54, 1.807) is 0 Å². The van der Waals surface area contributed by atoms with Gasteiger partial charge in [0.25, 0.3) is 0 Å². The van der Waals surface area contributed by atoms with E-state index in [0.717, 1.165) is 21.4 Å². The van der Waals surface area contributed by atoms with Gasteiger partial charge in [-0.25, -0.2) is 0 Å². The summed E-state index contributed by atoms with van der Waals surface area (Å²) in [5, 5.41) is 11.8. The van der Waals surface area contributed by atoms with Gasteiger partial charge in [0.2, 0.25) is 0 Å². The third-order valence-corrected chi connectivity index (χ3v) is 2.46. The van der Waals surface area contributed by atoms with Crippen LogP contribution in [0, 0.1) is 0 Å². The molecular weight excluding hydrogens is 184 g/mol. The normalized spacial score (nSPS) is 10.6. The summed E-state index contributed by atoms with van der Waals surface area (Å²) in [6.45, 7) is 0.0533. The molecule has 0 spiro atoms. The Morgan fingerprint density at radius 2 is 1.69 bits per heavy atom. The summed E-state index contributed by atoms with van der Waals surface area (Å²) in [6, 6.07) is 11.5. The van der Waals surface area contributed by atoms with Gasteiger partial charge in [-0.05, 0) is 17.0 Å². The molecule has 2 aromatic rings. The van der Waals surface area contributed by atoms with Crippen LogP contribution in [0.15, 0.2) is 36.4 Å². The number of benzene rings is 2. The molecule has 2 rings (SSSR count). The molecule has 1 nitrogen and oxygen atoms in total. The molecule has 13 heavy (non-hydrogen) atoms. The predicted octanol–water partition coefficient (Wildman–Crippen LogP) is 2.99. The highest BCUT2D eigenvalue weighted by Gasteiger charge is 2.01. The van der Waals surface area contributed by atoms with Crippen LogP contribution < -0.4 is 0 Å². The fraction of sp³-hybridized carbons (Fsp3) is 0.0909. The summed E-state index contributed by atoms with van der Waals surface area (Å²) in [5.74, 6) is 0. The number of aliphatic hydroxyl groups excluding tert-OH is 1. The topological polar surface area (TPSA) is 20.2 Å². The predicted molar refractivity (Wildman–Crippen MR) is 54.9 cm³/mol. The third-order valence-electron chi connectivity index (χ3n) is 2.13. The van der Waals surface area contributed by atoms with Crippen molar-refractivity contribution in [2.75, 3.05) is 0 Å². The van der Waals surface area contributed by atoms with Gasteiger partial charge in [-0.15, -0.1) is 0 Å². The van der Waals surface area contributed by atoms with E-state index in [-0.39, 0.29) is 6.61 Å². The van der Waals surface area contributed by atoms with Crippen molar-refractivity contribution in [3.63, 3.8) is 0 Å². The lowest BCUT2D eigenvalue weighted by atomic mass is 10.1. The maximum Gasteiger partial charge on any atom is 0.0687 e. The molecule has 0 heterocycles. The lowest BCUT2D eigenvalue weighted by Crippen LogP contribution is -1.85. The molecule has 0 aliphatic heterocycles. The number of fused-ring (bicyclic) bond motifs is 1. The van der Waals surface area contributed by atoms with Gasteiger partial charge in [-0.2, -0.15) is 0 Å². The Balaban J connectivity index is 2.84. The van der Waals surface area contributed by atoms with Gasteiger partial charge < -0.3 is 5.11 Å². The van der Waals surface area contributed by atoms with E-state index in [9.17, 15) is 0 Å². The van der Waals surface area contributed by atoms with Crippen molar-refractivity contribution in [2.45, 2.75) is 6.61 Å². The minimum absolute atomic E-state index is 0.0533. The van der Waals surface area contributed by atoms with Crippen molar-refractivity contribution in [3.05, 3.63) is 47.0 Å². The van der Waals surface area contributed by atoms with Crippen molar-refractivity contribution < 1.29 is 5.11 Å². The molecule has 0 aliphatic carbocycles. The van der Waals surface area contributed by atoms with E-state index in [1.807, 2.05) is 36.4 Å². The van der Waals surface area contributed by atoms with Crippen molar-refractivity contribution in [1.29, 1.82) is 0 Å². The molecule has 0 bridgehead atoms. The van der Waals surface area contributed by atoms with Crippen molar-refractivity contribution >= 4 is 22.4 Å². The second-order valence-corrected chi connectivity index (χ2v) is 3.32. The Hall–Kier alpha value is -1.05. The molecular formula is C11H9ClO. The Morgan fingerprint density at radius 3 is 2.46 bits per heavy atom. The van der Waals surface area contributed by atoms with Crippen LogP contribution in [0.3, 0.4) is 0 Å². The zero-order valence-corrected chi connectivity index (χ0v) is 7.75. The average molecular weight is 193 g/mol. The molecule has 0 saturated carbocycles. The van der Waals surface area contributed by atoms with Crippen LogP contribution in [0.2, 0.25) is 5.02 Å². The summed E-state index contributed by atoms with van der Waals surface area (Å²) < 4.78 is 0. The standard InChI is InChI=1S/C11H9ClO/c12-11-6-2-4-9-8(7-13)3-1-5-10(9)11/h1-6,13H,7H2. The molecule has 0 amide bonds. The molecule has 0 unspecified atom stereocenters. The fourth-order valence-electron chi connectivity index (χ4n) is 1.47. The van der Waals surface area contributed by atoms with E-state index in [0.29, 0.717) is 0 Å². The molecule has 0 aliphatic rings. The zero-order chi connectivity index (χ0) is 9.26. The molecule has 2 aromatic carbocycles. The van der Waals surface area contributed by atoms with Crippen LogP contribution in [0.4, 0.5) is 0 Å². The van der Waals surface area contributed by atoms with Gasteiger partial charge in [-0.3, -0.25) is 0 Å². The first-order valence-electron chi connectivity index (χ1n) is 4.10. The maximum absolute atomic E-state index is 9.08. The molecule has 1 N–H and O–H groups in total. The summed E-state index contributed by atoms with van der Waals surface area (Å²) in [5.41, 5.74) is 0.917. The second kappa shape index (κ2) is 3.36. The van der Waals surface area contributed by atoms with Gasteiger partial charge in [0.1, 0.15) is 0 Å². The number of halogens is 1. The van der Waals surface area contributed by atoms with Gasteiger partial charge in [0.15, 0.2) is 0 Å². The summed E-state index contributed by atoms with van der Waals surface area (Å²) in [4.78, 5) is 0. The molecule has 0 aromatic heterocycles. The second-order valence-electron chi connectivity index (χ2n) is 2.91. The number of hydrogen-bond acceptors (Lipinski definition) is 1. The highest BCUT2D eigenvalue weighted by atomic mass is 35.5. The van der Waals surface area contributed by atoms with E-state index in [2.05, 4.69) is 0 Å². The molecule has 0 atom stereocenters.